The molecule has 2 saturated heterocycles. The number of hydrogen-bond donors (Lipinski definition) is 2. The largest absolute Gasteiger partial charge is 0.456 e. The predicted octanol–water partition coefficient (Wildman–Crippen LogP) is 2.45. The number of benzene rings is 1. The number of para-hydroxylation sites is 1. The highest BCUT2D eigenvalue weighted by Crippen LogP contribution is 2.33. The van der Waals surface area contributed by atoms with E-state index in [0.717, 1.165) is 0 Å². The van der Waals surface area contributed by atoms with E-state index in [4.69, 9.17) is 30.5 Å². The summed E-state index contributed by atoms with van der Waals surface area (Å²) in [6, 6.07) is 7.74. The Kier molecular flexibility index (Phi) is 4.31. The van der Waals surface area contributed by atoms with Crippen molar-refractivity contribution in [3.05, 3.63) is 41.2 Å². The smallest absolute Gasteiger partial charge is 0.296 e. The molecule has 5 rings (SSSR count). The van der Waals surface area contributed by atoms with E-state index in [1.165, 1.54) is 12.1 Å². The molecule has 4 atom stereocenters. The third-order valence-corrected chi connectivity index (χ3v) is 4.93. The number of rotatable bonds is 4. The number of aliphatic hydroxyl groups excluding tert-OH is 1. The minimum atomic E-state index is -0.659. The van der Waals surface area contributed by atoms with Gasteiger partial charge in [0.2, 0.25) is 5.88 Å². The summed E-state index contributed by atoms with van der Waals surface area (Å²) < 4.78 is 36.2. The number of aromatic nitrogens is 3. The molecule has 4 heterocycles. The summed E-state index contributed by atoms with van der Waals surface area (Å²) >= 11 is 6.21. The lowest BCUT2D eigenvalue weighted by Crippen LogP contribution is -2.34. The van der Waals surface area contributed by atoms with E-state index in [1.807, 2.05) is 0 Å². The number of imidazole rings is 1. The maximum Gasteiger partial charge on any atom is 0.296 e. The lowest BCUT2D eigenvalue weighted by Gasteiger charge is -2.15. The van der Waals surface area contributed by atoms with Crippen molar-refractivity contribution >= 4 is 22.8 Å². The molecule has 0 aliphatic carbocycles. The van der Waals surface area contributed by atoms with Gasteiger partial charge in [-0.3, -0.25) is 0 Å². The molecule has 2 aliphatic rings. The molecule has 2 aliphatic heterocycles. The molecule has 3 aromatic rings. The van der Waals surface area contributed by atoms with Crippen molar-refractivity contribution in [3.63, 3.8) is 0 Å². The minimum Gasteiger partial charge on any atom is -0.456 e. The van der Waals surface area contributed by atoms with Gasteiger partial charge >= 0.3 is 0 Å². The van der Waals surface area contributed by atoms with Crippen LogP contribution in [0.2, 0.25) is 5.02 Å². The van der Waals surface area contributed by atoms with Crippen molar-refractivity contribution < 1.29 is 28.4 Å². The Bertz CT molecular complexity index is 1030. The van der Waals surface area contributed by atoms with E-state index in [0.29, 0.717) is 11.2 Å². The van der Waals surface area contributed by atoms with Crippen molar-refractivity contribution in [1.29, 1.82) is 0 Å². The highest BCUT2D eigenvalue weighted by atomic mass is 35.5. The molecule has 8 nitrogen and oxygen atoms in total. The fourth-order valence-corrected chi connectivity index (χ4v) is 3.52. The molecule has 2 aromatic heterocycles. The van der Waals surface area contributed by atoms with Crippen molar-refractivity contribution in [1.82, 2.24) is 15.0 Å². The Morgan fingerprint density at radius 1 is 1.18 bits per heavy atom. The summed E-state index contributed by atoms with van der Waals surface area (Å²) in [6.07, 6.45) is -1.83. The Morgan fingerprint density at radius 2 is 2.00 bits per heavy atom. The molecule has 10 heteroatoms. The molecule has 0 bridgehead atoms. The van der Waals surface area contributed by atoms with E-state index >= 15 is 0 Å². The van der Waals surface area contributed by atoms with Gasteiger partial charge in [-0.2, -0.15) is 9.97 Å². The first-order valence-electron chi connectivity index (χ1n) is 8.65. The van der Waals surface area contributed by atoms with Crippen molar-refractivity contribution in [2.45, 2.75) is 24.4 Å². The summed E-state index contributed by atoms with van der Waals surface area (Å²) in [5, 5.41) is 10.00. The van der Waals surface area contributed by atoms with E-state index in [2.05, 4.69) is 15.0 Å². The predicted molar refractivity (Wildman–Crippen MR) is 95.3 cm³/mol. The Morgan fingerprint density at radius 3 is 2.86 bits per heavy atom. The van der Waals surface area contributed by atoms with Crippen LogP contribution in [0.1, 0.15) is 0 Å². The standard InChI is InChI=1S/C18H15ClFN3O5/c19-8-5-10-16(22-17(8)27-12-4-2-1-3-9(12)20)23-18(21-10)28-13-7-26-14-11(24)6-25-15(13)14/h1-5,11,13-15,24H,6-7H2,(H,21,22,23)/t11-,13-,14?,15-/m1/s1. The number of H-pyrrole nitrogens is 1. The first-order chi connectivity index (χ1) is 13.6. The van der Waals surface area contributed by atoms with Gasteiger partial charge in [0.15, 0.2) is 23.3 Å². The average molecular weight is 408 g/mol. The molecule has 2 fully saturated rings. The second-order valence-electron chi connectivity index (χ2n) is 6.54. The molecule has 0 spiro atoms. The summed E-state index contributed by atoms with van der Waals surface area (Å²) in [6.45, 7) is 0.489. The first kappa shape index (κ1) is 17.6. The SMILES string of the molecule is O[C@@H]1CO[C@H]2C1OC[C@H]2Oc1nc2nc(Oc3ccccc3F)c(Cl)cc2[nH]1. The number of aliphatic hydroxyl groups is 1. The van der Waals surface area contributed by atoms with Gasteiger partial charge in [0.1, 0.15) is 23.3 Å². The number of halogens is 2. The Balaban J connectivity index is 1.38. The van der Waals surface area contributed by atoms with Crippen LogP contribution in [0.15, 0.2) is 30.3 Å². The molecule has 0 saturated carbocycles. The minimum absolute atomic E-state index is 0.00865. The van der Waals surface area contributed by atoms with Gasteiger partial charge < -0.3 is 29.0 Å². The van der Waals surface area contributed by atoms with Crippen LogP contribution in [0, 0.1) is 5.82 Å². The molecule has 0 radical (unpaired) electrons. The third kappa shape index (κ3) is 3.06. The topological polar surface area (TPSA) is 98.7 Å². The second-order valence-corrected chi connectivity index (χ2v) is 6.95. The van der Waals surface area contributed by atoms with E-state index < -0.39 is 24.1 Å². The van der Waals surface area contributed by atoms with Gasteiger partial charge in [-0.05, 0) is 18.2 Å². The number of nitrogens with one attached hydrogen (secondary N) is 1. The highest BCUT2D eigenvalue weighted by molar-refractivity contribution is 6.32. The van der Waals surface area contributed by atoms with E-state index in [-0.39, 0.29) is 42.0 Å². The van der Waals surface area contributed by atoms with Crippen LogP contribution in [0.4, 0.5) is 4.39 Å². The molecule has 146 valence electrons. The summed E-state index contributed by atoms with van der Waals surface area (Å²) in [4.78, 5) is 11.5. The van der Waals surface area contributed by atoms with Gasteiger partial charge in [0.25, 0.3) is 6.01 Å². The van der Waals surface area contributed by atoms with Crippen molar-refractivity contribution in [2.75, 3.05) is 13.2 Å². The monoisotopic (exact) mass is 407 g/mol. The number of aromatic amines is 1. The van der Waals surface area contributed by atoms with Gasteiger partial charge in [0, 0.05) is 0 Å². The Labute approximate surface area is 163 Å². The zero-order chi connectivity index (χ0) is 19.3. The van der Waals surface area contributed by atoms with Crippen LogP contribution >= 0.6 is 11.6 Å². The average Bonchev–Trinajstić information content (AvgIpc) is 3.35. The van der Waals surface area contributed by atoms with Crippen molar-refractivity contribution in [2.24, 2.45) is 0 Å². The molecular formula is C18H15ClFN3O5. The summed E-state index contributed by atoms with van der Waals surface area (Å²) in [5.74, 6) is -0.487. The third-order valence-electron chi connectivity index (χ3n) is 4.66. The molecule has 1 aromatic carbocycles. The number of hydrogen-bond acceptors (Lipinski definition) is 7. The molecule has 28 heavy (non-hydrogen) atoms. The number of nitrogens with zero attached hydrogens (tertiary/aromatic N) is 2. The first-order valence-corrected chi connectivity index (χ1v) is 9.03. The summed E-state index contributed by atoms with van der Waals surface area (Å²) in [5.41, 5.74) is 0.831. The highest BCUT2D eigenvalue weighted by Gasteiger charge is 2.48. The van der Waals surface area contributed by atoms with Gasteiger partial charge in [-0.25, -0.2) is 4.39 Å². The van der Waals surface area contributed by atoms with Crippen LogP contribution in [0.5, 0.6) is 17.6 Å². The van der Waals surface area contributed by atoms with Gasteiger partial charge in [-0.15, -0.1) is 0 Å². The quantitative estimate of drug-likeness (QED) is 0.685. The van der Waals surface area contributed by atoms with E-state index in [1.54, 1.807) is 18.2 Å². The maximum atomic E-state index is 13.8. The lowest BCUT2D eigenvalue weighted by atomic mass is 10.1. The Hall–Kier alpha value is -2.46. The fourth-order valence-electron chi connectivity index (χ4n) is 3.33. The lowest BCUT2D eigenvalue weighted by molar-refractivity contribution is 0.00706. The van der Waals surface area contributed by atoms with Crippen LogP contribution in [-0.4, -0.2) is 57.7 Å². The number of fused-ring (bicyclic) bond motifs is 2. The maximum absolute atomic E-state index is 13.8. The summed E-state index contributed by atoms with van der Waals surface area (Å²) in [7, 11) is 0. The molecule has 1 unspecified atom stereocenters. The number of ether oxygens (including phenoxy) is 4. The van der Waals surface area contributed by atoms with Crippen LogP contribution in [0.25, 0.3) is 11.2 Å². The van der Waals surface area contributed by atoms with Gasteiger partial charge in [-0.1, -0.05) is 23.7 Å². The van der Waals surface area contributed by atoms with Crippen LogP contribution in [-0.2, 0) is 9.47 Å². The molecule has 2 N–H and O–H groups in total. The molecular weight excluding hydrogens is 393 g/mol. The van der Waals surface area contributed by atoms with Crippen molar-refractivity contribution in [3.8, 4) is 17.6 Å². The zero-order valence-corrected chi connectivity index (χ0v) is 15.1. The van der Waals surface area contributed by atoms with E-state index in [9.17, 15) is 9.50 Å². The fraction of sp³-hybridized carbons (Fsp3) is 0.333. The number of pyridine rings is 1. The molecule has 0 amide bonds. The van der Waals surface area contributed by atoms with Gasteiger partial charge in [0.05, 0.1) is 18.7 Å². The van der Waals surface area contributed by atoms with Crippen LogP contribution < -0.4 is 9.47 Å². The zero-order valence-electron chi connectivity index (χ0n) is 14.3. The second kappa shape index (κ2) is 6.85. The normalized spacial score (nSPS) is 26.5. The van der Waals surface area contributed by atoms with Crippen LogP contribution in [0.3, 0.4) is 0 Å².